The summed E-state index contributed by atoms with van der Waals surface area (Å²) in [7, 11) is 1.51. The van der Waals surface area contributed by atoms with Gasteiger partial charge in [-0.25, -0.2) is 13.6 Å². The highest BCUT2D eigenvalue weighted by atomic mass is 19.1. The maximum atomic E-state index is 14.5. The monoisotopic (exact) mass is 485 g/mol. The normalized spacial score (nSPS) is 11.6. The van der Waals surface area contributed by atoms with Crippen molar-refractivity contribution in [2.45, 2.75) is 32.4 Å². The van der Waals surface area contributed by atoms with Gasteiger partial charge < -0.3 is 25.6 Å². The van der Waals surface area contributed by atoms with Gasteiger partial charge in [0.1, 0.15) is 5.75 Å². The van der Waals surface area contributed by atoms with E-state index in [1.54, 1.807) is 12.1 Å². The lowest BCUT2D eigenvalue weighted by atomic mass is 9.99. The van der Waals surface area contributed by atoms with Crippen molar-refractivity contribution in [2.75, 3.05) is 7.05 Å². The molecule has 8 nitrogen and oxygen atoms in total. The van der Waals surface area contributed by atoms with Crippen molar-refractivity contribution in [3.63, 3.8) is 0 Å². The van der Waals surface area contributed by atoms with E-state index in [1.165, 1.54) is 20.0 Å². The van der Waals surface area contributed by atoms with Gasteiger partial charge in [0.25, 0.3) is 11.8 Å². The third-order valence-corrected chi connectivity index (χ3v) is 5.09. The molecule has 0 aliphatic rings. The molecule has 1 heterocycles. The Bertz CT molecular complexity index is 1240. The Balaban J connectivity index is 2.02. The Kier molecular flexibility index (Phi) is 8.32. The standard InChI is InChI=1S/C25H25F2N3O5/c1-3-21(25(32)33)35-24-20(27)12-19(26)23(30-24)34-18-9-15(10-22(31)29-2)8-17(11-18)16-6-4-5-14(7-16)13-28/h4-9,11-12,21H,3,10,13,28H2,1-2H3,(H,29,31)(H,32,33). The third-order valence-electron chi connectivity index (χ3n) is 5.09. The number of ether oxygens (including phenoxy) is 2. The first kappa shape index (κ1) is 25.6. The van der Waals surface area contributed by atoms with Gasteiger partial charge in [0.2, 0.25) is 5.91 Å². The summed E-state index contributed by atoms with van der Waals surface area (Å²) in [5, 5.41) is 11.7. The zero-order valence-electron chi connectivity index (χ0n) is 19.2. The van der Waals surface area contributed by atoms with Crippen molar-refractivity contribution < 1.29 is 33.0 Å². The number of carbonyl (C=O) groups is 2. The molecule has 0 aliphatic carbocycles. The average molecular weight is 485 g/mol. The molecular weight excluding hydrogens is 460 g/mol. The van der Waals surface area contributed by atoms with E-state index in [0.717, 1.165) is 11.1 Å². The summed E-state index contributed by atoms with van der Waals surface area (Å²) in [4.78, 5) is 26.9. The van der Waals surface area contributed by atoms with Crippen molar-refractivity contribution in [3.05, 3.63) is 71.3 Å². The van der Waals surface area contributed by atoms with Crippen molar-refractivity contribution in [1.29, 1.82) is 0 Å². The summed E-state index contributed by atoms with van der Waals surface area (Å²) in [5.74, 6) is -5.01. The molecule has 0 spiro atoms. The summed E-state index contributed by atoms with van der Waals surface area (Å²) in [6.07, 6.45) is -1.30. The molecule has 1 unspecified atom stereocenters. The first-order valence-electron chi connectivity index (χ1n) is 10.8. The second-order valence-electron chi connectivity index (χ2n) is 7.64. The maximum Gasteiger partial charge on any atom is 0.344 e. The largest absolute Gasteiger partial charge is 0.479 e. The molecule has 0 saturated carbocycles. The molecule has 0 bridgehead atoms. The van der Waals surface area contributed by atoms with Crippen LogP contribution in [0.15, 0.2) is 48.5 Å². The Morgan fingerprint density at radius 1 is 1.06 bits per heavy atom. The first-order valence-corrected chi connectivity index (χ1v) is 10.8. The molecule has 35 heavy (non-hydrogen) atoms. The molecule has 0 fully saturated rings. The highest BCUT2D eigenvalue weighted by Crippen LogP contribution is 2.32. The summed E-state index contributed by atoms with van der Waals surface area (Å²) >= 11 is 0. The van der Waals surface area contributed by atoms with E-state index < -0.39 is 35.5 Å². The number of rotatable bonds is 10. The summed E-state index contributed by atoms with van der Waals surface area (Å²) in [5.41, 5.74) is 8.67. The van der Waals surface area contributed by atoms with Crippen LogP contribution in [0.5, 0.6) is 17.5 Å². The molecule has 184 valence electrons. The van der Waals surface area contributed by atoms with E-state index >= 15 is 0 Å². The van der Waals surface area contributed by atoms with E-state index in [-0.39, 0.29) is 24.5 Å². The average Bonchev–Trinajstić information content (AvgIpc) is 2.84. The number of carboxylic acid groups (broad SMARTS) is 1. The van der Waals surface area contributed by atoms with Crippen LogP contribution in [0.1, 0.15) is 24.5 Å². The van der Waals surface area contributed by atoms with E-state index in [0.29, 0.717) is 23.7 Å². The van der Waals surface area contributed by atoms with E-state index in [9.17, 15) is 18.4 Å². The zero-order chi connectivity index (χ0) is 25.5. The highest BCUT2D eigenvalue weighted by molar-refractivity contribution is 5.79. The van der Waals surface area contributed by atoms with Crippen LogP contribution in [0, 0.1) is 11.6 Å². The van der Waals surface area contributed by atoms with Gasteiger partial charge in [-0.2, -0.15) is 4.98 Å². The number of aliphatic carboxylic acids is 1. The van der Waals surface area contributed by atoms with Gasteiger partial charge in [-0.05, 0) is 46.9 Å². The minimum absolute atomic E-state index is 0.0295. The van der Waals surface area contributed by atoms with E-state index in [2.05, 4.69) is 10.3 Å². The second-order valence-corrected chi connectivity index (χ2v) is 7.64. The predicted molar refractivity (Wildman–Crippen MR) is 124 cm³/mol. The number of carboxylic acids is 1. The number of halogens is 2. The van der Waals surface area contributed by atoms with Crippen LogP contribution in [0.2, 0.25) is 0 Å². The fourth-order valence-corrected chi connectivity index (χ4v) is 3.28. The molecule has 1 aromatic heterocycles. The molecule has 1 atom stereocenters. The van der Waals surface area contributed by atoms with Gasteiger partial charge in [-0.15, -0.1) is 0 Å². The summed E-state index contributed by atoms with van der Waals surface area (Å²) in [6, 6.07) is 12.9. The minimum atomic E-state index is -1.37. The van der Waals surface area contributed by atoms with Crippen molar-refractivity contribution in [3.8, 4) is 28.6 Å². The summed E-state index contributed by atoms with van der Waals surface area (Å²) < 4.78 is 39.4. The van der Waals surface area contributed by atoms with Gasteiger partial charge in [-0.3, -0.25) is 4.79 Å². The molecule has 3 aromatic rings. The smallest absolute Gasteiger partial charge is 0.344 e. The highest BCUT2D eigenvalue weighted by Gasteiger charge is 2.22. The maximum absolute atomic E-state index is 14.5. The molecule has 3 rings (SSSR count). The minimum Gasteiger partial charge on any atom is -0.479 e. The number of amides is 1. The molecule has 0 saturated heterocycles. The summed E-state index contributed by atoms with van der Waals surface area (Å²) in [6.45, 7) is 1.87. The molecule has 0 radical (unpaired) electrons. The lowest BCUT2D eigenvalue weighted by Crippen LogP contribution is -2.26. The van der Waals surface area contributed by atoms with E-state index in [1.807, 2.05) is 24.3 Å². The Hall–Kier alpha value is -4.05. The molecule has 4 N–H and O–H groups in total. The number of pyridine rings is 1. The number of nitrogens with zero attached hydrogens (tertiary/aromatic N) is 1. The first-order chi connectivity index (χ1) is 16.7. The lowest BCUT2D eigenvalue weighted by Gasteiger charge is -2.15. The lowest BCUT2D eigenvalue weighted by molar-refractivity contribution is -0.145. The topological polar surface area (TPSA) is 124 Å². The van der Waals surface area contributed by atoms with Crippen LogP contribution in [-0.2, 0) is 22.6 Å². The van der Waals surface area contributed by atoms with Crippen LogP contribution < -0.4 is 20.5 Å². The molecular formula is C25H25F2N3O5. The van der Waals surface area contributed by atoms with Gasteiger partial charge in [-0.1, -0.05) is 31.2 Å². The van der Waals surface area contributed by atoms with Crippen LogP contribution >= 0.6 is 0 Å². The fourth-order valence-electron chi connectivity index (χ4n) is 3.28. The van der Waals surface area contributed by atoms with Crippen LogP contribution in [0.4, 0.5) is 8.78 Å². The number of benzene rings is 2. The molecule has 10 heteroatoms. The number of carbonyl (C=O) groups excluding carboxylic acids is 1. The Morgan fingerprint density at radius 2 is 1.77 bits per heavy atom. The molecule has 1 amide bonds. The fraction of sp³-hybridized carbons (Fsp3) is 0.240. The quantitative estimate of drug-likeness (QED) is 0.399. The predicted octanol–water partition coefficient (Wildman–Crippen LogP) is 3.81. The number of aromatic nitrogens is 1. The van der Waals surface area contributed by atoms with Crippen molar-refractivity contribution >= 4 is 11.9 Å². The van der Waals surface area contributed by atoms with Crippen molar-refractivity contribution in [2.24, 2.45) is 5.73 Å². The van der Waals surface area contributed by atoms with Crippen LogP contribution in [0.3, 0.4) is 0 Å². The van der Waals surface area contributed by atoms with Gasteiger partial charge in [0.05, 0.1) is 6.42 Å². The van der Waals surface area contributed by atoms with Crippen molar-refractivity contribution in [1.82, 2.24) is 10.3 Å². The van der Waals surface area contributed by atoms with Gasteiger partial charge in [0.15, 0.2) is 17.7 Å². The SMILES string of the molecule is CCC(Oc1nc(Oc2cc(CC(=O)NC)cc(-c3cccc(CN)c3)c2)c(F)cc1F)C(=O)O. The Labute approximate surface area is 200 Å². The molecule has 2 aromatic carbocycles. The number of nitrogens with two attached hydrogens (primary N) is 1. The zero-order valence-corrected chi connectivity index (χ0v) is 19.2. The Morgan fingerprint density at radius 3 is 2.43 bits per heavy atom. The van der Waals surface area contributed by atoms with Gasteiger partial charge in [0, 0.05) is 19.7 Å². The van der Waals surface area contributed by atoms with Gasteiger partial charge >= 0.3 is 5.97 Å². The second kappa shape index (κ2) is 11.4. The molecule has 0 aliphatic heterocycles. The number of hydrogen-bond donors (Lipinski definition) is 3. The number of nitrogens with one attached hydrogen (secondary N) is 1. The van der Waals surface area contributed by atoms with Crippen LogP contribution in [-0.4, -0.2) is 35.1 Å². The van der Waals surface area contributed by atoms with Crippen LogP contribution in [0.25, 0.3) is 11.1 Å². The number of likely N-dealkylation sites (N-methyl/N-ethyl adjacent to an activating group) is 1. The third kappa shape index (κ3) is 6.51. The van der Waals surface area contributed by atoms with E-state index in [4.69, 9.17) is 20.3 Å². The number of hydrogen-bond acceptors (Lipinski definition) is 6.